The van der Waals surface area contributed by atoms with Crippen LogP contribution in [0.1, 0.15) is 10.4 Å². The predicted molar refractivity (Wildman–Crippen MR) is 62.1 cm³/mol. The number of nitrogens with zero attached hydrogens (tertiary/aromatic N) is 2. The largest absolute Gasteiger partial charge is 0.478 e. The average Bonchev–Trinajstić information content (AvgIpc) is 2.96. The van der Waals surface area contributed by atoms with Gasteiger partial charge in [0.2, 0.25) is 0 Å². The minimum absolute atomic E-state index is 0.257. The van der Waals surface area contributed by atoms with Crippen molar-refractivity contribution in [3.8, 4) is 10.7 Å². The lowest BCUT2D eigenvalue weighted by molar-refractivity contribution is 0.0697. The Morgan fingerprint density at radius 1 is 1.35 bits per heavy atom. The maximum absolute atomic E-state index is 10.8. The van der Waals surface area contributed by atoms with Crippen molar-refractivity contribution >= 4 is 27.5 Å². The van der Waals surface area contributed by atoms with Crippen molar-refractivity contribution in [2.45, 2.75) is 0 Å². The van der Waals surface area contributed by atoms with Crippen LogP contribution in [-0.4, -0.2) is 21.2 Å². The van der Waals surface area contributed by atoms with Gasteiger partial charge in [-0.1, -0.05) is 5.16 Å². The summed E-state index contributed by atoms with van der Waals surface area (Å²) >= 11 is 1.39. The summed E-state index contributed by atoms with van der Waals surface area (Å²) in [5.74, 6) is -0.941. The first-order chi connectivity index (χ1) is 8.24. The van der Waals surface area contributed by atoms with Crippen molar-refractivity contribution in [1.82, 2.24) is 10.1 Å². The lowest BCUT2D eigenvalue weighted by atomic mass is 10.2. The molecule has 2 aromatic heterocycles. The van der Waals surface area contributed by atoms with Crippen LogP contribution >= 0.6 is 11.3 Å². The van der Waals surface area contributed by atoms with E-state index in [4.69, 9.17) is 9.63 Å². The van der Waals surface area contributed by atoms with E-state index in [9.17, 15) is 4.79 Å². The molecule has 17 heavy (non-hydrogen) atoms. The molecule has 0 unspecified atom stereocenters. The fourth-order valence-corrected chi connectivity index (χ4v) is 2.46. The second-order valence-corrected chi connectivity index (χ2v) is 4.42. The van der Waals surface area contributed by atoms with E-state index < -0.39 is 5.97 Å². The van der Waals surface area contributed by atoms with Gasteiger partial charge >= 0.3 is 5.97 Å². The van der Waals surface area contributed by atoms with Crippen molar-refractivity contribution in [2.75, 3.05) is 0 Å². The van der Waals surface area contributed by atoms with Gasteiger partial charge in [0.05, 0.1) is 15.8 Å². The van der Waals surface area contributed by atoms with Gasteiger partial charge in [-0.2, -0.15) is 0 Å². The van der Waals surface area contributed by atoms with Gasteiger partial charge < -0.3 is 9.63 Å². The third-order valence-electron chi connectivity index (χ3n) is 2.29. The Morgan fingerprint density at radius 3 is 2.94 bits per heavy atom. The minimum Gasteiger partial charge on any atom is -0.478 e. The maximum Gasteiger partial charge on any atom is 0.335 e. The van der Waals surface area contributed by atoms with Crippen LogP contribution in [0.15, 0.2) is 35.1 Å². The molecule has 1 aromatic carbocycles. The molecule has 0 saturated heterocycles. The summed E-state index contributed by atoms with van der Waals surface area (Å²) in [6, 6.07) is 6.56. The minimum atomic E-state index is -0.941. The molecule has 3 rings (SSSR count). The summed E-state index contributed by atoms with van der Waals surface area (Å²) < 4.78 is 5.57. The van der Waals surface area contributed by atoms with Gasteiger partial charge in [0.25, 0.3) is 0 Å². The highest BCUT2D eigenvalue weighted by molar-refractivity contribution is 7.21. The summed E-state index contributed by atoms with van der Waals surface area (Å²) in [4.78, 5) is 15.2. The van der Waals surface area contributed by atoms with Crippen LogP contribution in [0.25, 0.3) is 20.9 Å². The van der Waals surface area contributed by atoms with E-state index in [1.54, 1.807) is 18.2 Å². The van der Waals surface area contributed by atoms with E-state index in [-0.39, 0.29) is 5.56 Å². The summed E-state index contributed by atoms with van der Waals surface area (Å²) in [6.07, 6.45) is 1.48. The van der Waals surface area contributed by atoms with Gasteiger partial charge in [-0.3, -0.25) is 0 Å². The molecule has 0 aliphatic heterocycles. The van der Waals surface area contributed by atoms with Gasteiger partial charge in [-0.05, 0) is 18.2 Å². The topological polar surface area (TPSA) is 76.2 Å². The number of hydrogen-bond donors (Lipinski definition) is 1. The number of aromatic carboxylic acids is 1. The number of benzene rings is 1. The second-order valence-electron chi connectivity index (χ2n) is 3.39. The van der Waals surface area contributed by atoms with Crippen LogP contribution < -0.4 is 0 Å². The highest BCUT2D eigenvalue weighted by Crippen LogP contribution is 2.29. The SMILES string of the molecule is O=C(O)c1ccc2nc(-c3ccon3)sc2c1. The maximum atomic E-state index is 10.8. The normalized spacial score (nSPS) is 10.8. The molecular formula is C11H6N2O3S. The van der Waals surface area contributed by atoms with Gasteiger partial charge in [0.15, 0.2) is 0 Å². The Labute approximate surface area is 99.3 Å². The molecule has 0 spiro atoms. The molecule has 0 atom stereocenters. The summed E-state index contributed by atoms with van der Waals surface area (Å²) in [7, 11) is 0. The first kappa shape index (κ1) is 9.98. The third-order valence-corrected chi connectivity index (χ3v) is 3.33. The lowest BCUT2D eigenvalue weighted by Gasteiger charge is -1.91. The number of carbonyl (C=O) groups is 1. The Morgan fingerprint density at radius 2 is 2.24 bits per heavy atom. The van der Waals surface area contributed by atoms with Crippen molar-refractivity contribution in [2.24, 2.45) is 0 Å². The van der Waals surface area contributed by atoms with E-state index in [1.165, 1.54) is 23.7 Å². The number of thiazole rings is 1. The van der Waals surface area contributed by atoms with Crippen molar-refractivity contribution in [3.63, 3.8) is 0 Å². The number of rotatable bonds is 2. The van der Waals surface area contributed by atoms with Crippen molar-refractivity contribution < 1.29 is 14.4 Å². The summed E-state index contributed by atoms with van der Waals surface area (Å²) in [5, 5.41) is 13.4. The van der Waals surface area contributed by atoms with Crippen LogP contribution in [0.5, 0.6) is 0 Å². The fraction of sp³-hybridized carbons (Fsp3) is 0. The molecule has 2 heterocycles. The molecule has 5 nitrogen and oxygen atoms in total. The number of carboxylic acid groups (broad SMARTS) is 1. The van der Waals surface area contributed by atoms with Crippen LogP contribution in [0.2, 0.25) is 0 Å². The standard InChI is InChI=1S/C11H6N2O3S/c14-11(15)6-1-2-7-9(5-6)17-10(12-7)8-3-4-16-13-8/h1-5H,(H,14,15). The van der Waals surface area contributed by atoms with Crippen LogP contribution in [0.3, 0.4) is 0 Å². The van der Waals surface area contributed by atoms with Crippen molar-refractivity contribution in [1.29, 1.82) is 0 Å². The monoisotopic (exact) mass is 246 g/mol. The molecule has 0 fully saturated rings. The first-order valence-electron chi connectivity index (χ1n) is 4.79. The number of carboxylic acids is 1. The Hall–Kier alpha value is -2.21. The fourth-order valence-electron chi connectivity index (χ4n) is 1.49. The summed E-state index contributed by atoms with van der Waals surface area (Å²) in [6.45, 7) is 0. The predicted octanol–water partition coefficient (Wildman–Crippen LogP) is 2.65. The van der Waals surface area contributed by atoms with Gasteiger partial charge in [0.1, 0.15) is 17.0 Å². The Kier molecular flexibility index (Phi) is 2.15. The molecule has 1 N–H and O–H groups in total. The summed E-state index contributed by atoms with van der Waals surface area (Å²) in [5.41, 5.74) is 1.67. The zero-order chi connectivity index (χ0) is 11.8. The van der Waals surface area contributed by atoms with E-state index in [0.717, 1.165) is 15.2 Å². The highest BCUT2D eigenvalue weighted by Gasteiger charge is 2.10. The molecule has 0 aliphatic carbocycles. The second kappa shape index (κ2) is 3.67. The van der Waals surface area contributed by atoms with Gasteiger partial charge in [-0.25, -0.2) is 9.78 Å². The molecule has 6 heteroatoms. The first-order valence-corrected chi connectivity index (χ1v) is 5.60. The quantitative estimate of drug-likeness (QED) is 0.752. The van der Waals surface area contributed by atoms with E-state index in [0.29, 0.717) is 5.69 Å². The van der Waals surface area contributed by atoms with Gasteiger partial charge in [-0.15, -0.1) is 11.3 Å². The highest BCUT2D eigenvalue weighted by atomic mass is 32.1. The number of hydrogen-bond acceptors (Lipinski definition) is 5. The molecule has 0 radical (unpaired) electrons. The zero-order valence-corrected chi connectivity index (χ0v) is 9.27. The van der Waals surface area contributed by atoms with E-state index >= 15 is 0 Å². The zero-order valence-electron chi connectivity index (χ0n) is 8.45. The number of fused-ring (bicyclic) bond motifs is 1. The molecule has 3 aromatic rings. The van der Waals surface area contributed by atoms with Crippen LogP contribution in [0.4, 0.5) is 0 Å². The lowest BCUT2D eigenvalue weighted by Crippen LogP contribution is -1.94. The molecule has 0 aliphatic rings. The van der Waals surface area contributed by atoms with Crippen molar-refractivity contribution in [3.05, 3.63) is 36.1 Å². The smallest absolute Gasteiger partial charge is 0.335 e. The number of aromatic nitrogens is 2. The molecule has 84 valence electrons. The molecule has 0 amide bonds. The van der Waals surface area contributed by atoms with Gasteiger partial charge in [0, 0.05) is 6.07 Å². The average molecular weight is 246 g/mol. The Bertz CT molecular complexity index is 688. The Balaban J connectivity index is 2.16. The third kappa shape index (κ3) is 1.68. The van der Waals surface area contributed by atoms with E-state index in [2.05, 4.69) is 10.1 Å². The molecule has 0 bridgehead atoms. The van der Waals surface area contributed by atoms with E-state index in [1.807, 2.05) is 0 Å². The molecular weight excluding hydrogens is 240 g/mol. The van der Waals surface area contributed by atoms with Crippen LogP contribution in [-0.2, 0) is 0 Å². The van der Waals surface area contributed by atoms with Crippen LogP contribution in [0, 0.1) is 0 Å². The molecule has 0 saturated carbocycles.